The summed E-state index contributed by atoms with van der Waals surface area (Å²) in [4.78, 5) is 31.5. The van der Waals surface area contributed by atoms with Crippen molar-refractivity contribution in [1.29, 1.82) is 0 Å². The number of primary amides is 1. The molecule has 0 radical (unpaired) electrons. The van der Waals surface area contributed by atoms with E-state index in [2.05, 4.69) is 15.3 Å². The topological polar surface area (TPSA) is 119 Å². The van der Waals surface area contributed by atoms with Gasteiger partial charge in [0.25, 0.3) is 0 Å². The zero-order valence-corrected chi connectivity index (χ0v) is 19.7. The average Bonchev–Trinajstić information content (AvgIpc) is 3.29. The van der Waals surface area contributed by atoms with Crippen LogP contribution in [-0.4, -0.2) is 36.0 Å². The largest absolute Gasteiger partial charge is 0.493 e. The van der Waals surface area contributed by atoms with Crippen LogP contribution in [0.15, 0.2) is 67.0 Å². The van der Waals surface area contributed by atoms with Crippen LogP contribution in [0.2, 0.25) is 0 Å². The summed E-state index contributed by atoms with van der Waals surface area (Å²) in [5.41, 5.74) is 9.99. The van der Waals surface area contributed by atoms with Crippen LogP contribution in [0.25, 0.3) is 28.2 Å². The predicted molar refractivity (Wildman–Crippen MR) is 135 cm³/mol. The van der Waals surface area contributed by atoms with E-state index >= 15 is 0 Å². The van der Waals surface area contributed by atoms with Crippen molar-refractivity contribution in [3.63, 3.8) is 0 Å². The summed E-state index contributed by atoms with van der Waals surface area (Å²) in [6, 6.07) is 14.3. The normalized spacial score (nSPS) is 12.0. The van der Waals surface area contributed by atoms with Gasteiger partial charge in [0.1, 0.15) is 5.65 Å². The molecule has 4 aromatic rings. The van der Waals surface area contributed by atoms with Gasteiger partial charge in [0.15, 0.2) is 11.5 Å². The van der Waals surface area contributed by atoms with Crippen LogP contribution in [0.1, 0.15) is 34.5 Å². The van der Waals surface area contributed by atoms with Gasteiger partial charge in [0.05, 0.1) is 20.3 Å². The molecule has 178 valence electrons. The Hall–Kier alpha value is -4.59. The molecule has 0 saturated carbocycles. The molecule has 4 rings (SSSR count). The summed E-state index contributed by atoms with van der Waals surface area (Å²) in [6.07, 6.45) is 6.80. The number of aromatic nitrogens is 2. The standard InChI is InChI=1S/C27H26N4O4/c1-16(19-8-10-23(34-2)24(13-19)35-3)31-25(32)11-9-20-14-29-27-22(20)12-21(15-30-27)17-4-6-18(7-5-17)26(28)33/h4-16H,1-3H3,(H2,28,33)(H,29,30)(H,31,32)/b11-9+/t16-/m1/s1. The van der Waals surface area contributed by atoms with Crippen molar-refractivity contribution in [2.24, 2.45) is 5.73 Å². The van der Waals surface area contributed by atoms with Crippen molar-refractivity contribution in [3.8, 4) is 22.6 Å². The second kappa shape index (κ2) is 10.1. The zero-order chi connectivity index (χ0) is 24.9. The smallest absolute Gasteiger partial charge is 0.248 e. The average molecular weight is 471 g/mol. The number of nitrogens with zero attached hydrogens (tertiary/aromatic N) is 1. The van der Waals surface area contributed by atoms with E-state index in [1.807, 2.05) is 43.3 Å². The Morgan fingerprint density at radius 2 is 1.77 bits per heavy atom. The van der Waals surface area contributed by atoms with E-state index in [0.29, 0.717) is 22.7 Å². The van der Waals surface area contributed by atoms with Crippen LogP contribution in [0.4, 0.5) is 0 Å². The molecule has 0 bridgehead atoms. The number of fused-ring (bicyclic) bond motifs is 1. The third-order valence-corrected chi connectivity index (χ3v) is 5.75. The molecule has 4 N–H and O–H groups in total. The van der Waals surface area contributed by atoms with Crippen LogP contribution >= 0.6 is 0 Å². The molecule has 0 fully saturated rings. The van der Waals surface area contributed by atoms with E-state index in [-0.39, 0.29) is 11.9 Å². The van der Waals surface area contributed by atoms with Gasteiger partial charge in [-0.15, -0.1) is 0 Å². The highest BCUT2D eigenvalue weighted by Crippen LogP contribution is 2.30. The van der Waals surface area contributed by atoms with Gasteiger partial charge in [-0.3, -0.25) is 9.59 Å². The number of hydrogen-bond donors (Lipinski definition) is 3. The first-order valence-electron chi connectivity index (χ1n) is 11.0. The first-order chi connectivity index (χ1) is 16.9. The first-order valence-corrected chi connectivity index (χ1v) is 11.0. The molecule has 2 amide bonds. The number of carbonyl (C=O) groups is 2. The Kier molecular flexibility index (Phi) is 6.82. The minimum Gasteiger partial charge on any atom is -0.493 e. The maximum atomic E-state index is 12.6. The van der Waals surface area contributed by atoms with Gasteiger partial charge in [-0.1, -0.05) is 18.2 Å². The van der Waals surface area contributed by atoms with Gasteiger partial charge >= 0.3 is 0 Å². The second-order valence-electron chi connectivity index (χ2n) is 7.98. The number of methoxy groups -OCH3 is 2. The molecule has 2 heterocycles. The third kappa shape index (κ3) is 5.16. The highest BCUT2D eigenvalue weighted by molar-refractivity contribution is 5.97. The number of benzene rings is 2. The summed E-state index contributed by atoms with van der Waals surface area (Å²) < 4.78 is 10.6. The molecule has 0 saturated heterocycles. The molecule has 2 aromatic carbocycles. The second-order valence-corrected chi connectivity index (χ2v) is 7.98. The molecule has 0 aliphatic rings. The minimum atomic E-state index is -0.470. The Balaban J connectivity index is 1.50. The lowest BCUT2D eigenvalue weighted by Crippen LogP contribution is -2.24. The third-order valence-electron chi connectivity index (χ3n) is 5.75. The number of ether oxygens (including phenoxy) is 2. The van der Waals surface area contributed by atoms with Gasteiger partial charge in [-0.25, -0.2) is 4.98 Å². The highest BCUT2D eigenvalue weighted by Gasteiger charge is 2.12. The number of aromatic amines is 1. The minimum absolute atomic E-state index is 0.229. The molecule has 2 aromatic heterocycles. The van der Waals surface area contributed by atoms with E-state index in [4.69, 9.17) is 15.2 Å². The molecule has 8 heteroatoms. The monoisotopic (exact) mass is 470 g/mol. The van der Waals surface area contributed by atoms with Gasteiger partial charge in [-0.2, -0.15) is 0 Å². The van der Waals surface area contributed by atoms with E-state index in [9.17, 15) is 9.59 Å². The maximum Gasteiger partial charge on any atom is 0.248 e. The fourth-order valence-electron chi connectivity index (χ4n) is 3.78. The lowest BCUT2D eigenvalue weighted by atomic mass is 10.0. The van der Waals surface area contributed by atoms with Gasteiger partial charge in [0.2, 0.25) is 11.8 Å². The van der Waals surface area contributed by atoms with Crippen molar-refractivity contribution in [2.75, 3.05) is 14.2 Å². The molecule has 0 unspecified atom stereocenters. The Morgan fingerprint density at radius 1 is 1.03 bits per heavy atom. The molecule has 0 spiro atoms. The number of nitrogens with two attached hydrogens (primary N) is 1. The number of pyridine rings is 1. The van der Waals surface area contributed by atoms with E-state index in [0.717, 1.165) is 27.6 Å². The lowest BCUT2D eigenvalue weighted by molar-refractivity contribution is -0.117. The number of rotatable bonds is 8. The van der Waals surface area contributed by atoms with E-state index < -0.39 is 5.91 Å². The van der Waals surface area contributed by atoms with Crippen LogP contribution in [0, 0.1) is 0 Å². The molecule has 8 nitrogen and oxygen atoms in total. The SMILES string of the molecule is COc1ccc([C@@H](C)NC(=O)/C=C/c2c[nH]c3ncc(-c4ccc(C(N)=O)cc4)cc23)cc1OC. The molecular formula is C27H26N4O4. The number of nitrogens with one attached hydrogen (secondary N) is 2. The van der Waals surface area contributed by atoms with Gasteiger partial charge < -0.3 is 25.5 Å². The van der Waals surface area contributed by atoms with Crippen LogP contribution < -0.4 is 20.5 Å². The van der Waals surface area contributed by atoms with Crippen molar-refractivity contribution >= 4 is 28.9 Å². The van der Waals surface area contributed by atoms with Crippen molar-refractivity contribution in [1.82, 2.24) is 15.3 Å². The first kappa shape index (κ1) is 23.6. The predicted octanol–water partition coefficient (Wildman–Crippen LogP) is 4.24. The van der Waals surface area contributed by atoms with Gasteiger partial charge in [0, 0.05) is 40.5 Å². The molecule has 0 aliphatic carbocycles. The van der Waals surface area contributed by atoms with Crippen LogP contribution in [-0.2, 0) is 4.79 Å². The van der Waals surface area contributed by atoms with Crippen LogP contribution in [0.3, 0.4) is 0 Å². The molecule has 1 atom stereocenters. The van der Waals surface area contributed by atoms with Crippen molar-refractivity contribution in [3.05, 3.63) is 83.7 Å². The van der Waals surface area contributed by atoms with Crippen LogP contribution in [0.5, 0.6) is 11.5 Å². The summed E-state index contributed by atoms with van der Waals surface area (Å²) in [5.74, 6) is 0.536. The van der Waals surface area contributed by atoms with E-state index in [1.165, 1.54) is 6.08 Å². The maximum absolute atomic E-state index is 12.6. The summed E-state index contributed by atoms with van der Waals surface area (Å²) in [6.45, 7) is 1.90. The van der Waals surface area contributed by atoms with Gasteiger partial charge in [-0.05, 0) is 54.5 Å². The summed E-state index contributed by atoms with van der Waals surface area (Å²) in [5, 5.41) is 3.83. The lowest BCUT2D eigenvalue weighted by Gasteiger charge is -2.15. The Bertz CT molecular complexity index is 1410. The number of amides is 2. The van der Waals surface area contributed by atoms with Crippen molar-refractivity contribution in [2.45, 2.75) is 13.0 Å². The highest BCUT2D eigenvalue weighted by atomic mass is 16.5. The molecular weight excluding hydrogens is 444 g/mol. The molecule has 35 heavy (non-hydrogen) atoms. The fraction of sp³-hybridized carbons (Fsp3) is 0.148. The number of H-pyrrole nitrogens is 1. The van der Waals surface area contributed by atoms with E-state index in [1.54, 1.807) is 44.8 Å². The number of carbonyl (C=O) groups excluding carboxylic acids is 2. The summed E-state index contributed by atoms with van der Waals surface area (Å²) in [7, 11) is 3.15. The van der Waals surface area contributed by atoms with Crippen molar-refractivity contribution < 1.29 is 19.1 Å². The zero-order valence-electron chi connectivity index (χ0n) is 19.7. The Labute approximate surface area is 202 Å². The number of hydrogen-bond acceptors (Lipinski definition) is 5. The quantitative estimate of drug-likeness (QED) is 0.333. The summed E-state index contributed by atoms with van der Waals surface area (Å²) >= 11 is 0. The Morgan fingerprint density at radius 3 is 2.46 bits per heavy atom. The fourth-order valence-corrected chi connectivity index (χ4v) is 3.78. The molecule has 0 aliphatic heterocycles.